The second kappa shape index (κ2) is 5.72. The quantitative estimate of drug-likeness (QED) is 0.812. The number of carbonyl (C=O) groups is 1. The molecule has 3 atom stereocenters. The summed E-state index contributed by atoms with van der Waals surface area (Å²) in [7, 11) is 0. The zero-order chi connectivity index (χ0) is 18.6. The SMILES string of the molecule is Cc1cccc(C(=O)N2N=C3[C@H](C)CCC[C@H]3[C@]2(O)C(F)(F)F)c1O. The van der Waals surface area contributed by atoms with Crippen molar-refractivity contribution in [2.24, 2.45) is 16.9 Å². The number of fused-ring (bicyclic) bond motifs is 1. The fraction of sp³-hybridized carbons (Fsp3) is 0.529. The van der Waals surface area contributed by atoms with Crippen molar-refractivity contribution >= 4 is 11.6 Å². The van der Waals surface area contributed by atoms with Crippen molar-refractivity contribution in [3.63, 3.8) is 0 Å². The number of aliphatic hydroxyl groups is 1. The van der Waals surface area contributed by atoms with Crippen molar-refractivity contribution in [3.8, 4) is 5.75 Å². The van der Waals surface area contributed by atoms with Crippen LogP contribution in [0, 0.1) is 18.8 Å². The average molecular weight is 356 g/mol. The Morgan fingerprint density at radius 3 is 2.68 bits per heavy atom. The largest absolute Gasteiger partial charge is 0.507 e. The van der Waals surface area contributed by atoms with Crippen molar-refractivity contribution in [2.75, 3.05) is 0 Å². The fourth-order valence-electron chi connectivity index (χ4n) is 3.65. The van der Waals surface area contributed by atoms with Crippen LogP contribution in [0.15, 0.2) is 23.3 Å². The van der Waals surface area contributed by atoms with Gasteiger partial charge in [-0.15, -0.1) is 0 Å². The summed E-state index contributed by atoms with van der Waals surface area (Å²) in [5.74, 6) is -3.13. The van der Waals surface area contributed by atoms with Crippen molar-refractivity contribution in [1.82, 2.24) is 5.01 Å². The molecule has 0 bridgehead atoms. The van der Waals surface area contributed by atoms with E-state index < -0.39 is 29.5 Å². The third-order valence-electron chi connectivity index (χ3n) is 5.09. The van der Waals surface area contributed by atoms with Gasteiger partial charge in [0.2, 0.25) is 0 Å². The van der Waals surface area contributed by atoms with Crippen molar-refractivity contribution in [2.45, 2.75) is 45.0 Å². The van der Waals surface area contributed by atoms with E-state index in [1.54, 1.807) is 6.92 Å². The molecule has 2 aliphatic rings. The molecule has 25 heavy (non-hydrogen) atoms. The Bertz CT molecular complexity index is 747. The Hall–Kier alpha value is -2.09. The molecule has 5 nitrogen and oxygen atoms in total. The van der Waals surface area contributed by atoms with Crippen LogP contribution < -0.4 is 0 Å². The first-order valence-corrected chi connectivity index (χ1v) is 8.09. The normalized spacial score (nSPS) is 29.4. The molecule has 3 rings (SSSR count). The molecular weight excluding hydrogens is 337 g/mol. The van der Waals surface area contributed by atoms with Gasteiger partial charge in [-0.3, -0.25) is 4.79 Å². The minimum atomic E-state index is -5.07. The number of hydrogen-bond acceptors (Lipinski definition) is 4. The predicted octanol–water partition coefficient (Wildman–Crippen LogP) is 3.20. The molecule has 0 radical (unpaired) electrons. The monoisotopic (exact) mass is 356 g/mol. The van der Waals surface area contributed by atoms with Crippen LogP contribution >= 0.6 is 0 Å². The molecular formula is C17H19F3N2O3. The summed E-state index contributed by atoms with van der Waals surface area (Å²) in [5, 5.41) is 24.6. The van der Waals surface area contributed by atoms with Gasteiger partial charge in [-0.1, -0.05) is 25.5 Å². The van der Waals surface area contributed by atoms with Crippen LogP contribution in [-0.2, 0) is 0 Å². The maximum Gasteiger partial charge on any atom is 0.439 e. The van der Waals surface area contributed by atoms with E-state index in [-0.39, 0.29) is 28.6 Å². The highest BCUT2D eigenvalue weighted by molar-refractivity contribution is 6.01. The molecule has 0 aromatic heterocycles. The van der Waals surface area contributed by atoms with Gasteiger partial charge in [0.1, 0.15) is 5.75 Å². The smallest absolute Gasteiger partial charge is 0.439 e. The number of nitrogens with zero attached hydrogens (tertiary/aromatic N) is 2. The molecule has 1 saturated carbocycles. The lowest BCUT2D eigenvalue weighted by Gasteiger charge is -2.39. The van der Waals surface area contributed by atoms with Gasteiger partial charge >= 0.3 is 6.18 Å². The number of aromatic hydroxyl groups is 1. The van der Waals surface area contributed by atoms with Crippen LogP contribution in [0.3, 0.4) is 0 Å². The minimum Gasteiger partial charge on any atom is -0.507 e. The number of carbonyl (C=O) groups excluding carboxylic acids is 1. The van der Waals surface area contributed by atoms with Gasteiger partial charge in [0, 0.05) is 5.71 Å². The van der Waals surface area contributed by atoms with Crippen LogP contribution in [0.4, 0.5) is 13.2 Å². The topological polar surface area (TPSA) is 73.1 Å². The molecule has 2 N–H and O–H groups in total. The van der Waals surface area contributed by atoms with Gasteiger partial charge in [0.25, 0.3) is 11.6 Å². The Labute approximate surface area is 142 Å². The first-order chi connectivity index (χ1) is 11.6. The number of para-hydroxylation sites is 1. The Balaban J connectivity index is 2.12. The minimum absolute atomic E-state index is 0.1000. The van der Waals surface area contributed by atoms with Gasteiger partial charge in [-0.2, -0.15) is 23.3 Å². The summed E-state index contributed by atoms with van der Waals surface area (Å²) >= 11 is 0. The second-order valence-corrected chi connectivity index (χ2v) is 6.72. The number of alkyl halides is 3. The summed E-state index contributed by atoms with van der Waals surface area (Å²) < 4.78 is 41.3. The van der Waals surface area contributed by atoms with Gasteiger partial charge in [-0.05, 0) is 37.3 Å². The molecule has 1 heterocycles. The van der Waals surface area contributed by atoms with E-state index in [4.69, 9.17) is 0 Å². The standard InChI is InChI=1S/C17H19F3N2O3/c1-9-5-4-8-12-13(9)21-22(16(12,25)17(18,19)20)15(24)11-7-3-6-10(2)14(11)23/h3,6-7,9,12,23,25H,4-5,8H2,1-2H3/t9-,12-,16+/m1/s1. The van der Waals surface area contributed by atoms with Crippen LogP contribution in [-0.4, -0.2) is 38.7 Å². The highest BCUT2D eigenvalue weighted by Gasteiger charge is 2.69. The maximum absolute atomic E-state index is 13.8. The van der Waals surface area contributed by atoms with Gasteiger partial charge in [0.05, 0.1) is 11.5 Å². The molecule has 0 spiro atoms. The van der Waals surface area contributed by atoms with Crippen LogP contribution in [0.1, 0.15) is 42.1 Å². The molecule has 1 aromatic carbocycles. The third kappa shape index (κ3) is 2.50. The number of hydrazone groups is 1. The number of halogens is 3. The summed E-state index contributed by atoms with van der Waals surface area (Å²) in [5.41, 5.74) is -3.19. The molecule has 136 valence electrons. The van der Waals surface area contributed by atoms with E-state index in [1.165, 1.54) is 25.1 Å². The lowest BCUT2D eigenvalue weighted by molar-refractivity contribution is -0.312. The molecule has 0 unspecified atom stereocenters. The van der Waals surface area contributed by atoms with Gasteiger partial charge in [0.15, 0.2) is 0 Å². The highest BCUT2D eigenvalue weighted by atomic mass is 19.4. The Morgan fingerprint density at radius 2 is 2.04 bits per heavy atom. The first kappa shape index (κ1) is 17.7. The number of benzene rings is 1. The van der Waals surface area contributed by atoms with E-state index in [0.717, 1.165) is 0 Å². The van der Waals surface area contributed by atoms with Crippen LogP contribution in [0.25, 0.3) is 0 Å². The molecule has 1 amide bonds. The van der Waals surface area contributed by atoms with E-state index in [9.17, 15) is 28.2 Å². The summed E-state index contributed by atoms with van der Waals surface area (Å²) in [6.07, 6.45) is -3.81. The number of phenolic OH excluding ortho intramolecular Hbond substituents is 1. The number of hydrogen-bond donors (Lipinski definition) is 2. The number of rotatable bonds is 1. The molecule has 0 saturated heterocycles. The predicted molar refractivity (Wildman–Crippen MR) is 84.0 cm³/mol. The summed E-state index contributed by atoms with van der Waals surface area (Å²) in [6, 6.07) is 4.20. The highest BCUT2D eigenvalue weighted by Crippen LogP contribution is 2.49. The first-order valence-electron chi connectivity index (χ1n) is 8.09. The van der Waals surface area contributed by atoms with E-state index in [0.29, 0.717) is 18.4 Å². The van der Waals surface area contributed by atoms with E-state index >= 15 is 0 Å². The van der Waals surface area contributed by atoms with Crippen molar-refractivity contribution in [1.29, 1.82) is 0 Å². The third-order valence-corrected chi connectivity index (χ3v) is 5.09. The fourth-order valence-corrected chi connectivity index (χ4v) is 3.65. The zero-order valence-electron chi connectivity index (χ0n) is 13.8. The average Bonchev–Trinajstić information content (AvgIpc) is 2.85. The van der Waals surface area contributed by atoms with Crippen LogP contribution in [0.5, 0.6) is 5.75 Å². The molecule has 1 fully saturated rings. The zero-order valence-corrected chi connectivity index (χ0v) is 13.8. The Morgan fingerprint density at radius 1 is 1.36 bits per heavy atom. The molecule has 1 aliphatic heterocycles. The summed E-state index contributed by atoms with van der Waals surface area (Å²) in [6.45, 7) is 3.26. The lowest BCUT2D eigenvalue weighted by Crippen LogP contribution is -2.61. The lowest BCUT2D eigenvalue weighted by atomic mass is 9.75. The Kier molecular flexibility index (Phi) is 4.06. The van der Waals surface area contributed by atoms with Gasteiger partial charge < -0.3 is 10.2 Å². The molecule has 8 heteroatoms. The number of phenols is 1. The maximum atomic E-state index is 13.8. The van der Waals surface area contributed by atoms with Crippen LogP contribution in [0.2, 0.25) is 0 Å². The van der Waals surface area contributed by atoms with Crippen molar-refractivity contribution < 1.29 is 28.2 Å². The van der Waals surface area contributed by atoms with Crippen molar-refractivity contribution in [3.05, 3.63) is 29.3 Å². The molecule has 1 aliphatic carbocycles. The molecule has 1 aromatic rings. The van der Waals surface area contributed by atoms with E-state index in [1.807, 2.05) is 0 Å². The second-order valence-electron chi connectivity index (χ2n) is 6.72. The number of amides is 1. The number of aryl methyl sites for hydroxylation is 1. The van der Waals surface area contributed by atoms with E-state index in [2.05, 4.69) is 5.10 Å². The van der Waals surface area contributed by atoms with Gasteiger partial charge in [-0.25, -0.2) is 0 Å². The summed E-state index contributed by atoms with van der Waals surface area (Å²) in [4.78, 5) is 12.7.